The second-order valence-corrected chi connectivity index (χ2v) is 4.54. The molecular weight excluding hydrogens is 283 g/mol. The van der Waals surface area contributed by atoms with Gasteiger partial charge in [-0.25, -0.2) is 4.98 Å². The van der Waals surface area contributed by atoms with Gasteiger partial charge in [-0.1, -0.05) is 0 Å². The zero-order chi connectivity index (χ0) is 16.1. The van der Waals surface area contributed by atoms with Crippen LogP contribution in [0.2, 0.25) is 0 Å². The van der Waals surface area contributed by atoms with Gasteiger partial charge in [0.15, 0.2) is 0 Å². The fraction of sp³-hybridized carbons (Fsp3) is 0.500. The van der Waals surface area contributed by atoms with Crippen LogP contribution in [-0.4, -0.2) is 51.0 Å². The molecule has 0 fully saturated rings. The fourth-order valence-electron chi connectivity index (χ4n) is 1.44. The molecule has 1 amide bonds. The molecule has 0 aromatic carbocycles. The van der Waals surface area contributed by atoms with Gasteiger partial charge in [0.25, 0.3) is 0 Å². The van der Waals surface area contributed by atoms with Crippen LogP contribution in [0.25, 0.3) is 0 Å². The molecule has 0 bridgehead atoms. The Balaban J connectivity index is 2.41. The van der Waals surface area contributed by atoms with E-state index in [1.165, 1.54) is 7.05 Å². The van der Waals surface area contributed by atoms with E-state index in [-0.39, 0.29) is 18.9 Å². The normalized spacial score (nSPS) is 12.0. The second kappa shape index (κ2) is 6.87. The Bertz CT molecular complexity index is 467. The first-order chi connectivity index (χ1) is 9.66. The molecule has 0 N–H and O–H groups in total. The van der Waals surface area contributed by atoms with Crippen molar-refractivity contribution in [1.82, 2.24) is 9.88 Å². The predicted octanol–water partition coefficient (Wildman–Crippen LogP) is 1.34. The Morgan fingerprint density at radius 1 is 1.38 bits per heavy atom. The van der Waals surface area contributed by atoms with Crippen LogP contribution >= 0.6 is 0 Å². The van der Waals surface area contributed by atoms with Crippen LogP contribution in [0, 0.1) is 0 Å². The van der Waals surface area contributed by atoms with E-state index in [2.05, 4.69) is 4.98 Å². The molecule has 9 heteroatoms. The van der Waals surface area contributed by atoms with E-state index < -0.39 is 17.1 Å². The minimum Gasteiger partial charge on any atom is -0.478 e. The van der Waals surface area contributed by atoms with Crippen LogP contribution in [0.1, 0.15) is 18.4 Å². The lowest BCUT2D eigenvalue weighted by Gasteiger charge is -2.34. The summed E-state index contributed by atoms with van der Waals surface area (Å²) in [5.74, 6) is 0.0754. The van der Waals surface area contributed by atoms with E-state index in [1.54, 1.807) is 0 Å². The van der Waals surface area contributed by atoms with E-state index in [0.717, 1.165) is 17.0 Å². The number of carbonyl (C=O) groups excluding carboxylic acids is 1. The summed E-state index contributed by atoms with van der Waals surface area (Å²) in [6.45, 7) is 0.168. The number of aromatic nitrogens is 1. The Kier molecular flexibility index (Phi) is 5.69. The third-order valence-corrected chi connectivity index (χ3v) is 2.85. The summed E-state index contributed by atoms with van der Waals surface area (Å²) in [5, 5.41) is -1.29. The fourth-order valence-corrected chi connectivity index (χ4v) is 1.44. The van der Waals surface area contributed by atoms with Crippen molar-refractivity contribution in [3.63, 3.8) is 0 Å². The number of hydrogen-bond acceptors (Lipinski definition) is 3. The van der Waals surface area contributed by atoms with E-state index in [1.807, 2.05) is 0 Å². The molecule has 0 aliphatic heterocycles. The van der Waals surface area contributed by atoms with Crippen molar-refractivity contribution in [2.45, 2.75) is 24.4 Å². The highest BCUT2D eigenvalue weighted by molar-refractivity contribution is 6.40. The molecule has 0 saturated carbocycles. The van der Waals surface area contributed by atoms with Crippen molar-refractivity contribution in [3.8, 4) is 5.88 Å². The highest BCUT2D eigenvalue weighted by atomic mass is 19.4. The first-order valence-electron chi connectivity index (χ1n) is 6.09. The van der Waals surface area contributed by atoms with E-state index in [9.17, 15) is 18.0 Å². The van der Waals surface area contributed by atoms with E-state index >= 15 is 0 Å². The predicted molar refractivity (Wildman–Crippen MR) is 72.0 cm³/mol. The number of pyridine rings is 1. The monoisotopic (exact) mass is 296 g/mol. The lowest BCUT2D eigenvalue weighted by Crippen LogP contribution is -2.47. The summed E-state index contributed by atoms with van der Waals surface area (Å²) in [4.78, 5) is 15.2. The first-order valence-corrected chi connectivity index (χ1v) is 6.09. The summed E-state index contributed by atoms with van der Waals surface area (Å²) in [6.07, 6.45) is -2.54. The van der Waals surface area contributed by atoms with Crippen LogP contribution in [0.3, 0.4) is 0 Å². The number of alkyl halides is 3. The van der Waals surface area contributed by atoms with Gasteiger partial charge in [-0.05, 0) is 24.2 Å². The zero-order valence-electron chi connectivity index (χ0n) is 11.4. The van der Waals surface area contributed by atoms with Crippen molar-refractivity contribution in [3.05, 3.63) is 23.9 Å². The lowest BCUT2D eigenvalue weighted by atomic mass is 9.59. The molecule has 1 aromatic heterocycles. The summed E-state index contributed by atoms with van der Waals surface area (Å²) in [5.41, 5.74) is -0.842. The van der Waals surface area contributed by atoms with Gasteiger partial charge in [0.1, 0.15) is 0 Å². The lowest BCUT2D eigenvalue weighted by molar-refractivity contribution is -0.137. The molecule has 0 atom stereocenters. The van der Waals surface area contributed by atoms with Crippen LogP contribution in [0.15, 0.2) is 18.3 Å². The maximum atomic E-state index is 12.3. The molecule has 0 saturated heterocycles. The molecule has 4 radical (unpaired) electrons. The van der Waals surface area contributed by atoms with E-state index in [4.69, 9.17) is 20.4 Å². The third kappa shape index (κ3) is 5.32. The molecule has 1 rings (SSSR count). The van der Waals surface area contributed by atoms with Crippen LogP contribution in [0.4, 0.5) is 13.2 Å². The largest absolute Gasteiger partial charge is 0.478 e. The average molecular weight is 296 g/mol. The van der Waals surface area contributed by atoms with Gasteiger partial charge in [-0.3, -0.25) is 4.79 Å². The molecule has 0 aliphatic rings. The van der Waals surface area contributed by atoms with Gasteiger partial charge < -0.3 is 9.64 Å². The Hall–Kier alpha value is -1.66. The Labute approximate surface area is 123 Å². The Morgan fingerprint density at radius 3 is 2.52 bits per heavy atom. The summed E-state index contributed by atoms with van der Waals surface area (Å²) >= 11 is 0. The molecule has 0 unspecified atom stereocenters. The highest BCUT2D eigenvalue weighted by Crippen LogP contribution is 2.29. The minimum absolute atomic E-state index is 0.0754. The van der Waals surface area contributed by atoms with Crippen molar-refractivity contribution < 1.29 is 22.7 Å². The number of carbonyl (C=O) groups is 1. The molecule has 110 valence electrons. The topological polar surface area (TPSA) is 42.4 Å². The van der Waals surface area contributed by atoms with Crippen molar-refractivity contribution in [2.75, 3.05) is 13.7 Å². The van der Waals surface area contributed by atoms with Gasteiger partial charge in [0.2, 0.25) is 12.3 Å². The maximum Gasteiger partial charge on any atom is 0.417 e. The molecule has 0 spiro atoms. The smallest absolute Gasteiger partial charge is 0.417 e. The summed E-state index contributed by atoms with van der Waals surface area (Å²) in [6, 6.07) is 2.02. The van der Waals surface area contributed by atoms with Gasteiger partial charge in [0.05, 0.1) is 27.9 Å². The highest BCUT2D eigenvalue weighted by Gasteiger charge is 2.30. The van der Waals surface area contributed by atoms with Crippen molar-refractivity contribution in [2.24, 2.45) is 0 Å². The summed E-state index contributed by atoms with van der Waals surface area (Å²) in [7, 11) is 12.8. The quantitative estimate of drug-likeness (QED) is 0.433. The number of hydrogen-bond donors (Lipinski definition) is 0. The molecular formula is C12H13B2F3N2O2. The number of ether oxygens (including phenoxy) is 1. The molecule has 1 aromatic rings. The van der Waals surface area contributed by atoms with Crippen molar-refractivity contribution >= 4 is 22.1 Å². The third-order valence-electron chi connectivity index (χ3n) is 2.85. The van der Waals surface area contributed by atoms with Gasteiger partial charge in [0, 0.05) is 19.3 Å². The maximum absolute atomic E-state index is 12.3. The van der Waals surface area contributed by atoms with Gasteiger partial charge in [-0.15, -0.1) is 0 Å². The Morgan fingerprint density at radius 2 is 2.05 bits per heavy atom. The van der Waals surface area contributed by atoms with Gasteiger partial charge in [-0.2, -0.15) is 13.2 Å². The minimum atomic E-state index is -4.43. The SMILES string of the molecule is [B]C([B])(CCCOc1ccc(C(F)(F)F)cn1)N(C)C=O. The number of rotatable bonds is 7. The second-order valence-electron chi connectivity index (χ2n) is 4.54. The van der Waals surface area contributed by atoms with E-state index in [0.29, 0.717) is 19.0 Å². The number of halogens is 3. The number of nitrogens with zero attached hydrogens (tertiary/aromatic N) is 2. The van der Waals surface area contributed by atoms with Crippen LogP contribution in [0.5, 0.6) is 5.88 Å². The van der Waals surface area contributed by atoms with Gasteiger partial charge >= 0.3 is 6.18 Å². The average Bonchev–Trinajstić information content (AvgIpc) is 2.42. The zero-order valence-corrected chi connectivity index (χ0v) is 11.4. The standard InChI is InChI=1S/C12H13B2F3N2O2/c1-19(8-20)11(13,14)5-2-6-21-10-4-3-9(7-18-10)12(15,16)17/h3-4,7-8H,2,5-6H2,1H3. The summed E-state index contributed by atoms with van der Waals surface area (Å²) < 4.78 is 42.2. The number of amides is 1. The molecule has 4 nitrogen and oxygen atoms in total. The molecule has 0 aliphatic carbocycles. The van der Waals surface area contributed by atoms with Crippen LogP contribution < -0.4 is 4.74 Å². The molecule has 21 heavy (non-hydrogen) atoms. The first kappa shape index (κ1) is 17.4. The molecule has 1 heterocycles. The van der Waals surface area contributed by atoms with Crippen molar-refractivity contribution in [1.29, 1.82) is 0 Å². The van der Waals surface area contributed by atoms with Crippen LogP contribution in [-0.2, 0) is 11.0 Å².